The van der Waals surface area contributed by atoms with Crippen LogP contribution in [0, 0.1) is 5.92 Å². The smallest absolute Gasteiger partial charge is 0.408 e. The van der Waals surface area contributed by atoms with Crippen molar-refractivity contribution in [3.8, 4) is 0 Å². The molecular weight excluding hydrogens is 352 g/mol. The maximum Gasteiger partial charge on any atom is 0.421 e. The third kappa shape index (κ3) is 3.68. The highest BCUT2D eigenvalue weighted by Gasteiger charge is 2.33. The number of benzene rings is 1. The second-order valence-corrected chi connectivity index (χ2v) is 9.44. The monoisotopic (exact) mass is 372 g/mol. The Hall–Kier alpha value is -1.31. The fourth-order valence-corrected chi connectivity index (χ4v) is 5.13. The van der Waals surface area contributed by atoms with Gasteiger partial charge in [0, 0.05) is 23.7 Å². The van der Waals surface area contributed by atoms with Gasteiger partial charge in [0.05, 0.1) is 23.7 Å². The summed E-state index contributed by atoms with van der Waals surface area (Å²) in [5.74, 6) is 0.261. The van der Waals surface area contributed by atoms with Gasteiger partial charge in [0.15, 0.2) is 15.4 Å². The van der Waals surface area contributed by atoms with E-state index in [1.165, 1.54) is 0 Å². The molecule has 1 fully saturated rings. The molecule has 0 aliphatic carbocycles. The van der Waals surface area contributed by atoms with Crippen LogP contribution in [0.3, 0.4) is 0 Å². The van der Waals surface area contributed by atoms with E-state index in [-0.39, 0.29) is 17.5 Å². The van der Waals surface area contributed by atoms with Gasteiger partial charge < -0.3 is 4.42 Å². The summed E-state index contributed by atoms with van der Waals surface area (Å²) in [4.78, 5) is 14.3. The third-order valence-corrected chi connectivity index (χ3v) is 6.26. The van der Waals surface area contributed by atoms with Gasteiger partial charge in [-0.05, 0) is 24.5 Å². The molecule has 1 aliphatic rings. The van der Waals surface area contributed by atoms with Crippen LogP contribution in [0.5, 0.6) is 0 Å². The normalized spacial score (nSPS) is 20.5. The fraction of sp³-hybridized carbons (Fsp3) is 0.562. The lowest BCUT2D eigenvalue weighted by atomic mass is 10.1. The minimum Gasteiger partial charge on any atom is -0.408 e. The molecule has 0 bridgehead atoms. The van der Waals surface area contributed by atoms with Gasteiger partial charge in [0.1, 0.15) is 0 Å². The Bertz CT molecular complexity index is 900. The Labute approximate surface area is 145 Å². The Kier molecular flexibility index (Phi) is 4.77. The topological polar surface area (TPSA) is 72.5 Å². The summed E-state index contributed by atoms with van der Waals surface area (Å²) in [5.41, 5.74) is 1.11. The summed E-state index contributed by atoms with van der Waals surface area (Å²) in [6, 6.07) is 5.01. The Morgan fingerprint density at radius 1 is 1.42 bits per heavy atom. The first kappa shape index (κ1) is 17.5. The van der Waals surface area contributed by atoms with Crippen molar-refractivity contribution in [3.63, 3.8) is 0 Å². The van der Waals surface area contributed by atoms with Crippen molar-refractivity contribution in [1.82, 2.24) is 9.47 Å². The molecular formula is C16H21ClN2O4S. The van der Waals surface area contributed by atoms with E-state index in [0.717, 1.165) is 0 Å². The summed E-state index contributed by atoms with van der Waals surface area (Å²) in [7, 11) is -2.98. The minimum absolute atomic E-state index is 0.0680. The van der Waals surface area contributed by atoms with Crippen LogP contribution in [0.15, 0.2) is 27.4 Å². The fourth-order valence-electron chi connectivity index (χ4n) is 3.21. The molecule has 1 atom stereocenters. The molecule has 0 N–H and O–H groups in total. The predicted molar refractivity (Wildman–Crippen MR) is 94.1 cm³/mol. The van der Waals surface area contributed by atoms with E-state index in [0.29, 0.717) is 41.7 Å². The molecule has 0 unspecified atom stereocenters. The van der Waals surface area contributed by atoms with Crippen molar-refractivity contribution in [2.24, 2.45) is 5.92 Å². The maximum atomic E-state index is 12.2. The molecule has 0 saturated carbocycles. The molecule has 2 heterocycles. The Morgan fingerprint density at radius 3 is 2.79 bits per heavy atom. The second-order valence-electron chi connectivity index (χ2n) is 6.77. The van der Waals surface area contributed by atoms with Gasteiger partial charge >= 0.3 is 5.76 Å². The van der Waals surface area contributed by atoms with Gasteiger partial charge in [-0.15, -0.1) is 0 Å². The number of rotatable bonds is 5. The molecule has 0 radical (unpaired) electrons. The summed E-state index contributed by atoms with van der Waals surface area (Å²) < 4.78 is 30.5. The average Bonchev–Trinajstić information content (AvgIpc) is 2.97. The van der Waals surface area contributed by atoms with Crippen LogP contribution in [-0.2, 0) is 16.5 Å². The van der Waals surface area contributed by atoms with E-state index < -0.39 is 15.6 Å². The standard InChI is InChI=1S/C16H21ClN2O4S/c1-11(2)8-18(13-5-6-24(21,22)9-13)10-19-14-4-3-12(17)7-15(14)23-16(19)20/h3-4,7,11,13H,5-6,8-10H2,1-2H3/t13-/m1/s1. The molecule has 0 spiro atoms. The largest absolute Gasteiger partial charge is 0.421 e. The summed E-state index contributed by atoms with van der Waals surface area (Å²) >= 11 is 5.94. The van der Waals surface area contributed by atoms with Crippen LogP contribution in [0.1, 0.15) is 20.3 Å². The van der Waals surface area contributed by atoms with Gasteiger partial charge in [-0.2, -0.15) is 0 Å². The number of aromatic nitrogens is 1. The lowest BCUT2D eigenvalue weighted by molar-refractivity contribution is 0.143. The zero-order chi connectivity index (χ0) is 17.5. The van der Waals surface area contributed by atoms with E-state index in [1.807, 2.05) is 0 Å². The highest BCUT2D eigenvalue weighted by Crippen LogP contribution is 2.22. The first-order chi connectivity index (χ1) is 11.2. The van der Waals surface area contributed by atoms with Gasteiger partial charge in [0.25, 0.3) is 0 Å². The number of oxazole rings is 1. The SMILES string of the molecule is CC(C)CN(Cn1c(=O)oc2cc(Cl)ccc21)[C@@H]1CCS(=O)(=O)C1. The van der Waals surface area contributed by atoms with Crippen molar-refractivity contribution in [1.29, 1.82) is 0 Å². The molecule has 2 aromatic rings. The highest BCUT2D eigenvalue weighted by atomic mass is 35.5. The molecule has 132 valence electrons. The van der Waals surface area contributed by atoms with E-state index in [1.54, 1.807) is 22.8 Å². The maximum absolute atomic E-state index is 12.2. The quantitative estimate of drug-likeness (QED) is 0.805. The average molecular weight is 373 g/mol. The number of halogens is 1. The van der Waals surface area contributed by atoms with E-state index >= 15 is 0 Å². The lowest BCUT2D eigenvalue weighted by Crippen LogP contribution is -2.41. The Morgan fingerprint density at radius 2 is 2.17 bits per heavy atom. The molecule has 8 heteroatoms. The van der Waals surface area contributed by atoms with Gasteiger partial charge in [-0.1, -0.05) is 25.4 Å². The summed E-state index contributed by atoms with van der Waals surface area (Å²) in [6.07, 6.45) is 0.603. The van der Waals surface area contributed by atoms with Crippen LogP contribution in [0.25, 0.3) is 11.1 Å². The van der Waals surface area contributed by atoms with E-state index in [2.05, 4.69) is 18.7 Å². The molecule has 1 aromatic carbocycles. The van der Waals surface area contributed by atoms with E-state index in [9.17, 15) is 13.2 Å². The highest BCUT2D eigenvalue weighted by molar-refractivity contribution is 7.91. The van der Waals surface area contributed by atoms with Crippen LogP contribution >= 0.6 is 11.6 Å². The number of hydrogen-bond acceptors (Lipinski definition) is 5. The molecule has 1 aromatic heterocycles. The first-order valence-electron chi connectivity index (χ1n) is 7.98. The summed E-state index contributed by atoms with van der Waals surface area (Å²) in [5, 5.41) is 0.504. The molecule has 0 amide bonds. The van der Waals surface area contributed by atoms with Gasteiger partial charge in [-0.25, -0.2) is 13.2 Å². The zero-order valence-electron chi connectivity index (χ0n) is 13.7. The first-order valence-corrected chi connectivity index (χ1v) is 10.2. The lowest BCUT2D eigenvalue weighted by Gasteiger charge is -2.29. The molecule has 1 aliphatic heterocycles. The van der Waals surface area contributed by atoms with Crippen molar-refractivity contribution in [3.05, 3.63) is 33.8 Å². The predicted octanol–water partition coefficient (Wildman–Crippen LogP) is 2.35. The van der Waals surface area contributed by atoms with Gasteiger partial charge in [0.2, 0.25) is 0 Å². The number of fused-ring (bicyclic) bond motifs is 1. The third-order valence-electron chi connectivity index (χ3n) is 4.28. The van der Waals surface area contributed by atoms with Crippen LogP contribution in [0.4, 0.5) is 0 Å². The van der Waals surface area contributed by atoms with Crippen molar-refractivity contribution in [2.75, 3.05) is 18.1 Å². The van der Waals surface area contributed by atoms with Crippen LogP contribution < -0.4 is 5.76 Å². The van der Waals surface area contributed by atoms with Crippen molar-refractivity contribution >= 4 is 32.5 Å². The number of hydrogen-bond donors (Lipinski definition) is 0. The second kappa shape index (κ2) is 6.54. The number of sulfone groups is 1. The van der Waals surface area contributed by atoms with Crippen molar-refractivity contribution < 1.29 is 12.8 Å². The minimum atomic E-state index is -2.98. The zero-order valence-corrected chi connectivity index (χ0v) is 15.3. The van der Waals surface area contributed by atoms with Crippen molar-refractivity contribution in [2.45, 2.75) is 33.0 Å². The molecule has 1 saturated heterocycles. The van der Waals surface area contributed by atoms with Gasteiger partial charge in [-0.3, -0.25) is 9.47 Å². The molecule has 3 rings (SSSR count). The summed E-state index contributed by atoms with van der Waals surface area (Å²) in [6.45, 7) is 5.18. The van der Waals surface area contributed by atoms with Crippen LogP contribution in [0.2, 0.25) is 5.02 Å². The number of nitrogens with zero attached hydrogens (tertiary/aromatic N) is 2. The Balaban J connectivity index is 1.93. The molecule has 24 heavy (non-hydrogen) atoms. The molecule has 6 nitrogen and oxygen atoms in total. The van der Waals surface area contributed by atoms with E-state index in [4.69, 9.17) is 16.0 Å². The van der Waals surface area contributed by atoms with Crippen LogP contribution in [-0.4, -0.2) is 42.0 Å².